The molecule has 0 aliphatic rings. The van der Waals surface area contributed by atoms with E-state index in [1.807, 2.05) is 13.0 Å². The summed E-state index contributed by atoms with van der Waals surface area (Å²) in [4.78, 5) is 4.31. The number of hydrogen-bond acceptors (Lipinski definition) is 3. The number of aliphatic imine (C=N–C) groups is 1. The normalized spacial score (nSPS) is 11.2. The predicted octanol–water partition coefficient (Wildman–Crippen LogP) is 4.04. The van der Waals surface area contributed by atoms with Gasteiger partial charge in [0.15, 0.2) is 5.96 Å². The summed E-state index contributed by atoms with van der Waals surface area (Å²) in [5, 5.41) is 13.6. The second-order valence-electron chi connectivity index (χ2n) is 6.90. The third kappa shape index (κ3) is 6.35. The number of ether oxygens (including phenoxy) is 1. The Morgan fingerprint density at radius 3 is 2.52 bits per heavy atom. The van der Waals surface area contributed by atoms with E-state index in [2.05, 4.69) is 68.7 Å². The number of halogens is 1. The first-order valence-corrected chi connectivity index (χ1v) is 9.61. The third-order valence-corrected chi connectivity index (χ3v) is 4.74. The van der Waals surface area contributed by atoms with E-state index in [0.29, 0.717) is 0 Å². The highest BCUT2D eigenvalue weighted by Crippen LogP contribution is 2.21. The fraction of sp³-hybridized carbons (Fsp3) is 0.364. The molecule has 0 fully saturated rings. The van der Waals surface area contributed by atoms with Crippen molar-refractivity contribution < 1.29 is 4.74 Å². The molecule has 0 radical (unpaired) electrons. The number of methoxy groups -OCH3 is 1. The Morgan fingerprint density at radius 1 is 1.07 bits per heavy atom. The number of benzene rings is 2. The third-order valence-electron chi connectivity index (χ3n) is 4.74. The molecule has 3 rings (SSSR count). The lowest BCUT2D eigenvalue weighted by atomic mass is 10.1. The van der Waals surface area contributed by atoms with Crippen LogP contribution in [0.1, 0.15) is 23.4 Å². The van der Waals surface area contributed by atoms with Gasteiger partial charge in [-0.3, -0.25) is 9.67 Å². The van der Waals surface area contributed by atoms with Gasteiger partial charge in [0, 0.05) is 32.4 Å². The summed E-state index contributed by atoms with van der Waals surface area (Å²) in [6.07, 6.45) is 0.987. The summed E-state index contributed by atoms with van der Waals surface area (Å²) >= 11 is 0. The van der Waals surface area contributed by atoms with Crippen LogP contribution < -0.4 is 15.4 Å². The molecular weight excluding hydrogens is 477 g/mol. The first-order chi connectivity index (χ1) is 13.6. The molecule has 2 aromatic carbocycles. The second-order valence-corrected chi connectivity index (χ2v) is 6.90. The lowest BCUT2D eigenvalue weighted by Crippen LogP contribution is -2.37. The van der Waals surface area contributed by atoms with Crippen molar-refractivity contribution in [3.05, 3.63) is 59.4 Å². The van der Waals surface area contributed by atoms with E-state index in [0.717, 1.165) is 43.5 Å². The molecule has 6 nitrogen and oxygen atoms in total. The van der Waals surface area contributed by atoms with Crippen molar-refractivity contribution >= 4 is 40.7 Å². The fourth-order valence-electron chi connectivity index (χ4n) is 3.25. The Bertz CT molecular complexity index is 967. The number of aromatic nitrogens is 2. The fourth-order valence-corrected chi connectivity index (χ4v) is 3.25. The molecule has 1 aromatic heterocycles. The van der Waals surface area contributed by atoms with Crippen LogP contribution in [0.5, 0.6) is 5.75 Å². The molecule has 0 bridgehead atoms. The van der Waals surface area contributed by atoms with Crippen molar-refractivity contribution in [2.75, 3.05) is 20.7 Å². The van der Waals surface area contributed by atoms with Crippen molar-refractivity contribution in [1.29, 1.82) is 0 Å². The van der Waals surface area contributed by atoms with E-state index >= 15 is 0 Å². The molecule has 0 spiro atoms. The van der Waals surface area contributed by atoms with Gasteiger partial charge in [0.05, 0.1) is 12.8 Å². The molecule has 156 valence electrons. The maximum absolute atomic E-state index is 5.29. The molecule has 0 aliphatic heterocycles. The van der Waals surface area contributed by atoms with Crippen LogP contribution in [-0.2, 0) is 13.1 Å². The highest BCUT2D eigenvalue weighted by Gasteiger charge is 2.03. The second kappa shape index (κ2) is 11.0. The lowest BCUT2D eigenvalue weighted by molar-refractivity contribution is 0.415. The van der Waals surface area contributed by atoms with E-state index in [1.54, 1.807) is 14.2 Å². The van der Waals surface area contributed by atoms with Gasteiger partial charge < -0.3 is 15.4 Å². The number of aryl methyl sites for hydroxylation is 3. The molecular formula is C22H30IN5O. The van der Waals surface area contributed by atoms with Crippen LogP contribution in [0.3, 0.4) is 0 Å². The molecule has 7 heteroatoms. The largest absolute Gasteiger partial charge is 0.497 e. The van der Waals surface area contributed by atoms with E-state index in [9.17, 15) is 0 Å². The Labute approximate surface area is 189 Å². The number of fused-ring (bicyclic) bond motifs is 1. The number of nitrogens with one attached hydrogen (secondary N) is 2. The SMILES string of the molecule is CN=C(NCCCn1nc(C)cc1C)NCc1ccc2cc(OC)ccc2c1.I. The van der Waals surface area contributed by atoms with Crippen molar-refractivity contribution in [1.82, 2.24) is 20.4 Å². The summed E-state index contributed by atoms with van der Waals surface area (Å²) < 4.78 is 7.34. The molecule has 0 atom stereocenters. The van der Waals surface area contributed by atoms with Crippen LogP contribution in [0.25, 0.3) is 10.8 Å². The van der Waals surface area contributed by atoms with Crippen molar-refractivity contribution in [3.63, 3.8) is 0 Å². The first-order valence-electron chi connectivity index (χ1n) is 9.61. The predicted molar refractivity (Wildman–Crippen MR) is 130 cm³/mol. The van der Waals surface area contributed by atoms with Crippen LogP contribution in [0.2, 0.25) is 0 Å². The van der Waals surface area contributed by atoms with E-state index in [4.69, 9.17) is 4.74 Å². The molecule has 3 aromatic rings. The molecule has 2 N–H and O–H groups in total. The maximum Gasteiger partial charge on any atom is 0.191 e. The molecule has 0 aliphatic carbocycles. The summed E-state index contributed by atoms with van der Waals surface area (Å²) in [5.74, 6) is 1.69. The smallest absolute Gasteiger partial charge is 0.191 e. The van der Waals surface area contributed by atoms with Crippen LogP contribution in [-0.4, -0.2) is 36.4 Å². The van der Waals surface area contributed by atoms with Crippen molar-refractivity contribution in [2.45, 2.75) is 33.4 Å². The quantitative estimate of drug-likeness (QED) is 0.220. The molecule has 0 unspecified atom stereocenters. The van der Waals surface area contributed by atoms with Crippen molar-refractivity contribution in [3.8, 4) is 5.75 Å². The summed E-state index contributed by atoms with van der Waals surface area (Å²) in [6.45, 7) is 6.58. The van der Waals surface area contributed by atoms with Crippen molar-refractivity contribution in [2.24, 2.45) is 4.99 Å². The average molecular weight is 507 g/mol. The van der Waals surface area contributed by atoms with Crippen LogP contribution >= 0.6 is 24.0 Å². The number of hydrogen-bond donors (Lipinski definition) is 2. The van der Waals surface area contributed by atoms with Gasteiger partial charge in [0.1, 0.15) is 5.75 Å². The van der Waals surface area contributed by atoms with Gasteiger partial charge in [0.2, 0.25) is 0 Å². The Hall–Kier alpha value is -2.29. The van der Waals surface area contributed by atoms with Crippen LogP contribution in [0.15, 0.2) is 47.5 Å². The lowest BCUT2D eigenvalue weighted by Gasteiger charge is -2.13. The van der Waals surface area contributed by atoms with Gasteiger partial charge in [-0.15, -0.1) is 24.0 Å². The summed E-state index contributed by atoms with van der Waals surface area (Å²) in [6, 6.07) is 14.7. The van der Waals surface area contributed by atoms with Gasteiger partial charge in [0.25, 0.3) is 0 Å². The molecule has 0 saturated carbocycles. The Morgan fingerprint density at radius 2 is 1.83 bits per heavy atom. The molecule has 1 heterocycles. The minimum Gasteiger partial charge on any atom is -0.497 e. The zero-order valence-corrected chi connectivity index (χ0v) is 19.9. The van der Waals surface area contributed by atoms with Gasteiger partial charge in [-0.05, 0) is 60.9 Å². The topological polar surface area (TPSA) is 63.5 Å². The van der Waals surface area contributed by atoms with E-state index < -0.39 is 0 Å². The summed E-state index contributed by atoms with van der Waals surface area (Å²) in [7, 11) is 3.48. The Balaban J connectivity index is 0.00000300. The minimum absolute atomic E-state index is 0. The Kier molecular flexibility index (Phi) is 8.75. The number of guanidine groups is 1. The molecule has 29 heavy (non-hydrogen) atoms. The number of nitrogens with zero attached hydrogens (tertiary/aromatic N) is 3. The van der Waals surface area contributed by atoms with Crippen LogP contribution in [0.4, 0.5) is 0 Å². The zero-order valence-electron chi connectivity index (χ0n) is 17.5. The van der Waals surface area contributed by atoms with Gasteiger partial charge in [-0.2, -0.15) is 5.10 Å². The zero-order chi connectivity index (χ0) is 19.9. The van der Waals surface area contributed by atoms with Gasteiger partial charge in [-0.1, -0.05) is 18.2 Å². The summed E-state index contributed by atoms with van der Waals surface area (Å²) in [5.41, 5.74) is 3.48. The van der Waals surface area contributed by atoms with E-state index in [-0.39, 0.29) is 24.0 Å². The van der Waals surface area contributed by atoms with Crippen LogP contribution in [0, 0.1) is 13.8 Å². The van der Waals surface area contributed by atoms with Gasteiger partial charge in [-0.25, -0.2) is 0 Å². The standard InChI is InChI=1S/C22H29N5O.HI/c1-16-12-17(2)27(26-16)11-5-10-24-22(23-3)25-15-18-6-7-20-14-21(28-4)9-8-19(20)13-18;/h6-9,12-14H,5,10-11,15H2,1-4H3,(H2,23,24,25);1H. The highest BCUT2D eigenvalue weighted by atomic mass is 127. The first kappa shape index (κ1) is 23.0. The minimum atomic E-state index is 0. The number of rotatable bonds is 7. The molecule has 0 saturated heterocycles. The van der Waals surface area contributed by atoms with E-state index in [1.165, 1.54) is 22.0 Å². The highest BCUT2D eigenvalue weighted by molar-refractivity contribution is 14.0. The monoisotopic (exact) mass is 507 g/mol. The molecule has 0 amide bonds. The van der Waals surface area contributed by atoms with Gasteiger partial charge >= 0.3 is 0 Å². The average Bonchev–Trinajstić information content (AvgIpc) is 3.03. The maximum atomic E-state index is 5.29.